The highest BCUT2D eigenvalue weighted by Crippen LogP contribution is 2.30. The van der Waals surface area contributed by atoms with Crippen molar-refractivity contribution in [2.45, 2.75) is 13.5 Å². The summed E-state index contributed by atoms with van der Waals surface area (Å²) in [4.78, 5) is 20.3. The van der Waals surface area contributed by atoms with Crippen LogP contribution >= 0.6 is 0 Å². The van der Waals surface area contributed by atoms with Crippen molar-refractivity contribution in [2.75, 3.05) is 0 Å². The molecular weight excluding hydrogens is 224 g/mol. The van der Waals surface area contributed by atoms with Gasteiger partial charge in [-0.3, -0.25) is 14.9 Å². The molecule has 0 bridgehead atoms. The molecular formula is C9H7F2NO4. The fourth-order valence-electron chi connectivity index (χ4n) is 1.17. The van der Waals surface area contributed by atoms with Crippen molar-refractivity contribution >= 4 is 12.0 Å². The first-order chi connectivity index (χ1) is 7.45. The molecule has 0 atom stereocenters. The quantitative estimate of drug-likeness (QED) is 0.453. The number of ether oxygens (including phenoxy) is 1. The summed E-state index contributed by atoms with van der Waals surface area (Å²) in [6.45, 7) is -1.83. The van der Waals surface area contributed by atoms with E-state index in [0.717, 1.165) is 12.1 Å². The number of carbonyl (C=O) groups excluding carboxylic acids is 1. The van der Waals surface area contributed by atoms with Gasteiger partial charge in [0.25, 0.3) is 5.69 Å². The van der Waals surface area contributed by atoms with Crippen molar-refractivity contribution in [2.24, 2.45) is 0 Å². The Bertz CT molecular complexity index is 434. The van der Waals surface area contributed by atoms with E-state index in [1.54, 1.807) is 0 Å². The van der Waals surface area contributed by atoms with Gasteiger partial charge in [0, 0.05) is 11.6 Å². The Labute approximate surface area is 88.8 Å². The molecule has 0 aliphatic carbocycles. The van der Waals surface area contributed by atoms with Crippen LogP contribution in [0.15, 0.2) is 12.1 Å². The topological polar surface area (TPSA) is 69.4 Å². The summed E-state index contributed by atoms with van der Waals surface area (Å²) in [5, 5.41) is 10.6. The SMILES string of the molecule is Cc1c(OC(F)F)cc(C=O)cc1[N+](=O)[O-]. The Morgan fingerprint density at radius 1 is 1.50 bits per heavy atom. The smallest absolute Gasteiger partial charge is 0.387 e. The Morgan fingerprint density at radius 3 is 2.56 bits per heavy atom. The van der Waals surface area contributed by atoms with Crippen molar-refractivity contribution in [3.05, 3.63) is 33.4 Å². The largest absolute Gasteiger partial charge is 0.434 e. The molecule has 0 spiro atoms. The van der Waals surface area contributed by atoms with Gasteiger partial charge < -0.3 is 4.74 Å². The third kappa shape index (κ3) is 2.50. The van der Waals surface area contributed by atoms with Crippen LogP contribution in [0.2, 0.25) is 0 Å². The van der Waals surface area contributed by atoms with Crippen molar-refractivity contribution < 1.29 is 23.2 Å². The molecule has 0 saturated carbocycles. The van der Waals surface area contributed by atoms with Gasteiger partial charge in [-0.1, -0.05) is 0 Å². The van der Waals surface area contributed by atoms with Crippen LogP contribution in [0.5, 0.6) is 5.75 Å². The van der Waals surface area contributed by atoms with E-state index in [4.69, 9.17) is 0 Å². The number of hydrogen-bond donors (Lipinski definition) is 0. The summed E-state index contributed by atoms with van der Waals surface area (Å²) in [5.74, 6) is -0.369. The maximum atomic E-state index is 12.0. The van der Waals surface area contributed by atoms with Crippen LogP contribution in [0.3, 0.4) is 0 Å². The van der Waals surface area contributed by atoms with E-state index in [1.165, 1.54) is 6.92 Å². The van der Waals surface area contributed by atoms with Crippen molar-refractivity contribution in [1.82, 2.24) is 0 Å². The predicted molar refractivity (Wildman–Crippen MR) is 49.9 cm³/mol. The molecule has 0 amide bonds. The van der Waals surface area contributed by atoms with Gasteiger partial charge in [-0.05, 0) is 13.0 Å². The maximum absolute atomic E-state index is 12.0. The van der Waals surface area contributed by atoms with Gasteiger partial charge in [0.15, 0.2) is 0 Å². The first-order valence-corrected chi connectivity index (χ1v) is 4.14. The molecule has 0 aromatic heterocycles. The number of aldehydes is 1. The molecule has 5 nitrogen and oxygen atoms in total. The number of rotatable bonds is 4. The van der Waals surface area contributed by atoms with Crippen molar-refractivity contribution in [3.63, 3.8) is 0 Å². The highest BCUT2D eigenvalue weighted by Gasteiger charge is 2.19. The first-order valence-electron chi connectivity index (χ1n) is 4.14. The van der Waals surface area contributed by atoms with E-state index >= 15 is 0 Å². The molecule has 0 radical (unpaired) electrons. The summed E-state index contributed by atoms with van der Waals surface area (Å²) < 4.78 is 28.1. The minimum atomic E-state index is -3.10. The van der Waals surface area contributed by atoms with Gasteiger partial charge in [-0.25, -0.2) is 0 Å². The van der Waals surface area contributed by atoms with E-state index in [-0.39, 0.29) is 16.9 Å². The molecule has 0 N–H and O–H groups in total. The molecule has 0 heterocycles. The molecule has 1 aromatic rings. The molecule has 0 unspecified atom stereocenters. The van der Waals surface area contributed by atoms with Crippen LogP contribution in [0.1, 0.15) is 15.9 Å². The zero-order valence-electron chi connectivity index (χ0n) is 8.15. The minimum absolute atomic E-state index is 0.0455. The van der Waals surface area contributed by atoms with E-state index in [2.05, 4.69) is 4.74 Å². The number of hydrogen-bond acceptors (Lipinski definition) is 4. The Balaban J connectivity index is 3.31. The third-order valence-electron chi connectivity index (χ3n) is 1.90. The van der Waals surface area contributed by atoms with Crippen LogP contribution in [0.25, 0.3) is 0 Å². The molecule has 7 heteroatoms. The second-order valence-corrected chi connectivity index (χ2v) is 2.92. The predicted octanol–water partition coefficient (Wildman–Crippen LogP) is 2.32. The number of nitro benzene ring substituents is 1. The van der Waals surface area contributed by atoms with Crippen LogP contribution < -0.4 is 4.74 Å². The standard InChI is InChI=1S/C9H7F2NO4/c1-5-7(12(14)15)2-6(4-13)3-8(5)16-9(10)11/h2-4,9H,1H3. The van der Waals surface area contributed by atoms with Gasteiger partial charge in [0.05, 0.1) is 10.5 Å². The summed E-state index contributed by atoms with van der Waals surface area (Å²) in [7, 11) is 0. The van der Waals surface area contributed by atoms with Crippen LogP contribution in [0, 0.1) is 17.0 Å². The monoisotopic (exact) mass is 231 g/mol. The Morgan fingerprint density at radius 2 is 2.12 bits per heavy atom. The fraction of sp³-hybridized carbons (Fsp3) is 0.222. The molecule has 86 valence electrons. The molecule has 1 rings (SSSR count). The van der Waals surface area contributed by atoms with E-state index in [9.17, 15) is 23.7 Å². The Kier molecular flexibility index (Phi) is 3.49. The summed E-state index contributed by atoms with van der Waals surface area (Å²) in [6.07, 6.45) is 0.324. The number of carbonyl (C=O) groups is 1. The van der Waals surface area contributed by atoms with E-state index in [1.807, 2.05) is 0 Å². The summed E-state index contributed by atoms with van der Waals surface area (Å²) in [6, 6.07) is 2.03. The highest BCUT2D eigenvalue weighted by atomic mass is 19.3. The lowest BCUT2D eigenvalue weighted by atomic mass is 10.1. The third-order valence-corrected chi connectivity index (χ3v) is 1.90. The fourth-order valence-corrected chi connectivity index (χ4v) is 1.17. The van der Waals surface area contributed by atoms with E-state index in [0.29, 0.717) is 6.29 Å². The average molecular weight is 231 g/mol. The summed E-state index contributed by atoms with van der Waals surface area (Å²) >= 11 is 0. The maximum Gasteiger partial charge on any atom is 0.387 e. The second-order valence-electron chi connectivity index (χ2n) is 2.92. The number of nitro groups is 1. The van der Waals surface area contributed by atoms with Gasteiger partial charge in [-0.15, -0.1) is 0 Å². The highest BCUT2D eigenvalue weighted by molar-refractivity contribution is 5.78. The van der Waals surface area contributed by atoms with Crippen LogP contribution in [-0.2, 0) is 0 Å². The van der Waals surface area contributed by atoms with E-state index < -0.39 is 17.2 Å². The van der Waals surface area contributed by atoms with Crippen molar-refractivity contribution in [1.29, 1.82) is 0 Å². The van der Waals surface area contributed by atoms with Crippen molar-refractivity contribution in [3.8, 4) is 5.75 Å². The minimum Gasteiger partial charge on any atom is -0.434 e. The number of halogens is 2. The normalized spacial score (nSPS) is 10.2. The first kappa shape index (κ1) is 12.0. The number of nitrogens with zero attached hydrogens (tertiary/aromatic N) is 1. The molecule has 0 fully saturated rings. The number of alkyl halides is 2. The average Bonchev–Trinajstić information content (AvgIpc) is 2.19. The molecule has 1 aromatic carbocycles. The zero-order chi connectivity index (χ0) is 12.3. The molecule has 16 heavy (non-hydrogen) atoms. The van der Waals surface area contributed by atoms with Gasteiger partial charge in [0.2, 0.25) is 0 Å². The second kappa shape index (κ2) is 4.65. The molecule has 0 aliphatic rings. The lowest BCUT2D eigenvalue weighted by Crippen LogP contribution is -2.05. The lowest BCUT2D eigenvalue weighted by molar-refractivity contribution is -0.385. The molecule has 0 aliphatic heterocycles. The van der Waals surface area contributed by atoms with Gasteiger partial charge in [0.1, 0.15) is 12.0 Å². The summed E-state index contributed by atoms with van der Waals surface area (Å²) in [5.41, 5.74) is -0.566. The van der Waals surface area contributed by atoms with Crippen LogP contribution in [0.4, 0.5) is 14.5 Å². The lowest BCUT2D eigenvalue weighted by Gasteiger charge is -2.08. The zero-order valence-corrected chi connectivity index (χ0v) is 8.15. The number of benzene rings is 1. The van der Waals surface area contributed by atoms with Crippen LogP contribution in [-0.4, -0.2) is 17.8 Å². The van der Waals surface area contributed by atoms with Gasteiger partial charge in [-0.2, -0.15) is 8.78 Å². The van der Waals surface area contributed by atoms with Gasteiger partial charge >= 0.3 is 6.61 Å². The Hall–Kier alpha value is -2.05. The molecule has 0 saturated heterocycles.